The van der Waals surface area contributed by atoms with Crippen LogP contribution in [-0.4, -0.2) is 11.6 Å². The van der Waals surface area contributed by atoms with Crippen molar-refractivity contribution in [1.29, 1.82) is 0 Å². The van der Waals surface area contributed by atoms with E-state index in [4.69, 9.17) is 9.47 Å². The van der Waals surface area contributed by atoms with Gasteiger partial charge < -0.3 is 9.47 Å². The van der Waals surface area contributed by atoms with Crippen LogP contribution < -0.4 is 9.47 Å². The average molecular weight is 423 g/mol. The second-order valence-electron chi connectivity index (χ2n) is 10.5. The smallest absolute Gasteiger partial charge is 0.316 e. The summed E-state index contributed by atoms with van der Waals surface area (Å²) in [6.45, 7) is 12.0. The molecule has 1 saturated carbocycles. The van der Waals surface area contributed by atoms with Crippen molar-refractivity contribution in [2.24, 2.45) is 5.41 Å². The quantitative estimate of drug-likeness (QED) is 0.358. The van der Waals surface area contributed by atoms with Crippen molar-refractivity contribution in [2.45, 2.75) is 91.1 Å². The van der Waals surface area contributed by atoms with Crippen molar-refractivity contribution in [2.75, 3.05) is 0 Å². The first-order valence-corrected chi connectivity index (χ1v) is 11.7. The van der Waals surface area contributed by atoms with Crippen LogP contribution in [-0.2, 0) is 10.2 Å². The Morgan fingerprint density at radius 1 is 0.806 bits per heavy atom. The predicted molar refractivity (Wildman–Crippen MR) is 127 cm³/mol. The van der Waals surface area contributed by atoms with E-state index in [0.29, 0.717) is 5.75 Å². The summed E-state index contributed by atoms with van der Waals surface area (Å²) in [5.41, 5.74) is 1.96. The zero-order chi connectivity index (χ0) is 22.7. The van der Waals surface area contributed by atoms with Crippen molar-refractivity contribution in [3.63, 3.8) is 0 Å². The molecular weight excluding hydrogens is 384 g/mol. The molecule has 0 saturated heterocycles. The van der Waals surface area contributed by atoms with Crippen molar-refractivity contribution in [3.8, 4) is 11.5 Å². The number of ether oxygens (including phenoxy) is 2. The lowest BCUT2D eigenvalue weighted by molar-refractivity contribution is -0.143. The molecule has 0 unspecified atom stereocenters. The Bertz CT molecular complexity index is 864. The lowest BCUT2D eigenvalue weighted by Crippen LogP contribution is -2.31. The molecule has 31 heavy (non-hydrogen) atoms. The van der Waals surface area contributed by atoms with Gasteiger partial charge in [0.2, 0.25) is 0 Å². The topological polar surface area (TPSA) is 35.5 Å². The number of carbonyl (C=O) groups excluding carboxylic acids is 1. The van der Waals surface area contributed by atoms with Crippen LogP contribution in [0.3, 0.4) is 0 Å². The summed E-state index contributed by atoms with van der Waals surface area (Å²) in [6.07, 6.45) is 6.97. The monoisotopic (exact) mass is 422 g/mol. The Morgan fingerprint density at radius 3 is 1.74 bits per heavy atom. The molecule has 0 amide bonds. The van der Waals surface area contributed by atoms with Gasteiger partial charge in [-0.3, -0.25) is 4.79 Å². The highest BCUT2D eigenvalue weighted by Crippen LogP contribution is 2.45. The number of hydrogen-bond acceptors (Lipinski definition) is 3. The van der Waals surface area contributed by atoms with Crippen LogP contribution in [0.2, 0.25) is 0 Å². The van der Waals surface area contributed by atoms with E-state index in [1.807, 2.05) is 32.9 Å². The van der Waals surface area contributed by atoms with E-state index in [2.05, 4.69) is 57.2 Å². The van der Waals surface area contributed by atoms with E-state index < -0.39 is 5.41 Å². The van der Waals surface area contributed by atoms with Gasteiger partial charge in [0.05, 0.1) is 5.41 Å². The molecule has 1 aliphatic rings. The van der Waals surface area contributed by atoms with Crippen molar-refractivity contribution in [1.82, 2.24) is 0 Å². The van der Waals surface area contributed by atoms with Crippen LogP contribution >= 0.6 is 0 Å². The standard InChI is InChI=1S/C28H38O3/c1-7-27(5,6)31-24-17-13-22(14-18-24)28(19-9-8-10-20-28)21-11-15-23(16-12-21)30-25(29)26(2,3)4/h11-18H,7-10,19-20H2,1-6H3. The molecule has 1 fully saturated rings. The molecule has 0 N–H and O–H groups in total. The van der Waals surface area contributed by atoms with E-state index in [9.17, 15) is 4.79 Å². The Balaban J connectivity index is 1.87. The summed E-state index contributed by atoms with van der Waals surface area (Å²) < 4.78 is 11.7. The van der Waals surface area contributed by atoms with Crippen LogP contribution in [0.1, 0.15) is 91.2 Å². The first-order chi connectivity index (χ1) is 14.6. The Kier molecular flexibility index (Phi) is 6.83. The van der Waals surface area contributed by atoms with Crippen LogP contribution in [0.4, 0.5) is 0 Å². The molecule has 0 heterocycles. The molecule has 168 valence electrons. The summed E-state index contributed by atoms with van der Waals surface area (Å²) in [7, 11) is 0. The maximum absolute atomic E-state index is 12.2. The lowest BCUT2D eigenvalue weighted by Gasteiger charge is -2.39. The van der Waals surface area contributed by atoms with Gasteiger partial charge in [-0.25, -0.2) is 0 Å². The molecule has 3 rings (SSSR count). The summed E-state index contributed by atoms with van der Waals surface area (Å²) >= 11 is 0. The highest BCUT2D eigenvalue weighted by atomic mass is 16.5. The number of carbonyl (C=O) groups is 1. The van der Waals surface area contributed by atoms with Crippen molar-refractivity contribution in [3.05, 3.63) is 59.7 Å². The number of hydrogen-bond donors (Lipinski definition) is 0. The van der Waals surface area contributed by atoms with Gasteiger partial charge in [-0.1, -0.05) is 50.5 Å². The second-order valence-corrected chi connectivity index (χ2v) is 10.5. The Morgan fingerprint density at radius 2 is 1.29 bits per heavy atom. The maximum Gasteiger partial charge on any atom is 0.316 e. The van der Waals surface area contributed by atoms with Gasteiger partial charge in [-0.2, -0.15) is 0 Å². The molecule has 0 bridgehead atoms. The number of esters is 1. The molecule has 2 aromatic carbocycles. The second kappa shape index (κ2) is 9.06. The van der Waals surface area contributed by atoms with Gasteiger partial charge in [0.15, 0.2) is 0 Å². The maximum atomic E-state index is 12.2. The summed E-state index contributed by atoms with van der Waals surface area (Å²) in [5, 5.41) is 0. The van der Waals surface area contributed by atoms with Crippen LogP contribution in [0.15, 0.2) is 48.5 Å². The van der Waals surface area contributed by atoms with E-state index in [1.165, 1.54) is 30.4 Å². The minimum absolute atomic E-state index is 0.00359. The number of rotatable bonds is 6. The fourth-order valence-electron chi connectivity index (χ4n) is 4.23. The largest absolute Gasteiger partial charge is 0.488 e. The SMILES string of the molecule is CCC(C)(C)Oc1ccc(C2(c3ccc(OC(=O)C(C)(C)C)cc3)CCCCC2)cc1. The van der Waals surface area contributed by atoms with E-state index in [0.717, 1.165) is 25.0 Å². The minimum atomic E-state index is -0.514. The van der Waals surface area contributed by atoms with Gasteiger partial charge in [-0.15, -0.1) is 0 Å². The molecule has 0 aromatic heterocycles. The molecule has 3 heteroatoms. The molecule has 3 nitrogen and oxygen atoms in total. The molecule has 0 aliphatic heterocycles. The van der Waals surface area contributed by atoms with Gasteiger partial charge in [0, 0.05) is 5.41 Å². The van der Waals surface area contributed by atoms with Gasteiger partial charge in [0.1, 0.15) is 17.1 Å². The minimum Gasteiger partial charge on any atom is -0.488 e. The van der Waals surface area contributed by atoms with E-state index in [1.54, 1.807) is 0 Å². The first kappa shape index (κ1) is 23.4. The zero-order valence-corrected chi connectivity index (χ0v) is 20.1. The normalized spacial score (nSPS) is 16.6. The van der Waals surface area contributed by atoms with Crippen LogP contribution in [0, 0.1) is 5.41 Å². The van der Waals surface area contributed by atoms with Crippen LogP contribution in [0.25, 0.3) is 0 Å². The Labute approximate surface area is 188 Å². The van der Waals surface area contributed by atoms with Gasteiger partial charge >= 0.3 is 5.97 Å². The van der Waals surface area contributed by atoms with Crippen molar-refractivity contribution >= 4 is 5.97 Å². The lowest BCUT2D eigenvalue weighted by atomic mass is 9.65. The zero-order valence-electron chi connectivity index (χ0n) is 20.1. The summed E-state index contributed by atoms with van der Waals surface area (Å²) in [5.74, 6) is 1.32. The third kappa shape index (κ3) is 5.50. The van der Waals surface area contributed by atoms with Crippen LogP contribution in [0.5, 0.6) is 11.5 Å². The van der Waals surface area contributed by atoms with E-state index >= 15 is 0 Å². The van der Waals surface area contributed by atoms with Gasteiger partial charge in [0.25, 0.3) is 0 Å². The number of benzene rings is 2. The molecule has 0 radical (unpaired) electrons. The first-order valence-electron chi connectivity index (χ1n) is 11.7. The Hall–Kier alpha value is -2.29. The highest BCUT2D eigenvalue weighted by Gasteiger charge is 2.36. The fraction of sp³-hybridized carbons (Fsp3) is 0.536. The molecule has 0 spiro atoms. The molecule has 2 aromatic rings. The summed E-state index contributed by atoms with van der Waals surface area (Å²) in [6, 6.07) is 16.9. The third-order valence-corrected chi connectivity index (χ3v) is 6.59. The summed E-state index contributed by atoms with van der Waals surface area (Å²) in [4.78, 5) is 12.2. The predicted octanol–water partition coefficient (Wildman–Crippen LogP) is 7.46. The average Bonchev–Trinajstić information content (AvgIpc) is 2.74. The third-order valence-electron chi connectivity index (χ3n) is 6.59. The van der Waals surface area contributed by atoms with Crippen molar-refractivity contribution < 1.29 is 14.3 Å². The molecule has 1 aliphatic carbocycles. The molecule has 0 atom stereocenters. The highest BCUT2D eigenvalue weighted by molar-refractivity contribution is 5.77. The van der Waals surface area contributed by atoms with E-state index in [-0.39, 0.29) is 17.0 Å². The fourth-order valence-corrected chi connectivity index (χ4v) is 4.23. The molecular formula is C28H38O3. The van der Waals surface area contributed by atoms with Gasteiger partial charge in [-0.05, 0) is 89.3 Å².